The molecule has 0 aliphatic heterocycles. The highest BCUT2D eigenvalue weighted by Crippen LogP contribution is 2.39. The van der Waals surface area contributed by atoms with Gasteiger partial charge >= 0.3 is 6.01 Å². The number of hydrogen-bond donors (Lipinski definition) is 2. The molecule has 0 bridgehead atoms. The van der Waals surface area contributed by atoms with Gasteiger partial charge in [-0.05, 0) is 12.8 Å². The molecule has 0 aromatic carbocycles. The molecule has 8 nitrogen and oxygen atoms in total. The summed E-state index contributed by atoms with van der Waals surface area (Å²) in [6, 6.07) is 1.86. The van der Waals surface area contributed by atoms with Gasteiger partial charge in [-0.1, -0.05) is 0 Å². The Kier molecular flexibility index (Phi) is 2.56. The van der Waals surface area contributed by atoms with Crippen molar-refractivity contribution in [2.75, 3.05) is 5.43 Å². The lowest BCUT2D eigenvalue weighted by Gasteiger charge is -2.06. The second kappa shape index (κ2) is 4.22. The van der Waals surface area contributed by atoms with E-state index in [0.717, 1.165) is 18.7 Å². The Labute approximate surface area is 103 Å². The fraction of sp³-hybridized carbons (Fsp3) is 0.400. The van der Waals surface area contributed by atoms with Gasteiger partial charge in [0.15, 0.2) is 0 Å². The van der Waals surface area contributed by atoms with Crippen molar-refractivity contribution >= 4 is 5.82 Å². The van der Waals surface area contributed by atoms with Crippen molar-refractivity contribution in [3.63, 3.8) is 0 Å². The average Bonchev–Trinajstić information content (AvgIpc) is 3.14. The number of aromatic nitrogens is 5. The summed E-state index contributed by atoms with van der Waals surface area (Å²) in [5, 5.41) is 4.02. The maximum absolute atomic E-state index is 5.47. The molecule has 3 N–H and O–H groups in total. The normalized spacial score (nSPS) is 14.6. The summed E-state index contributed by atoms with van der Waals surface area (Å²) in [6.45, 7) is 0. The second-order valence-electron chi connectivity index (χ2n) is 4.17. The minimum Gasteiger partial charge on any atom is -0.404 e. The van der Waals surface area contributed by atoms with E-state index in [4.69, 9.17) is 10.6 Å². The predicted molar refractivity (Wildman–Crippen MR) is 62.9 cm³/mol. The standard InChI is InChI=1S/C10H13N7O/c1-17-5-12-10(16-17)18-8-4-7(15-11)13-9(14-8)6-2-3-6/h4-6H,2-3,11H2,1H3,(H,13,14,15). The van der Waals surface area contributed by atoms with Crippen molar-refractivity contribution in [2.45, 2.75) is 18.8 Å². The topological polar surface area (TPSA) is 104 Å². The molecule has 0 atom stereocenters. The Bertz CT molecular complexity index is 563. The number of rotatable bonds is 4. The molecule has 1 aliphatic carbocycles. The maximum Gasteiger partial charge on any atom is 0.342 e. The Balaban J connectivity index is 1.88. The van der Waals surface area contributed by atoms with Gasteiger partial charge in [-0.25, -0.2) is 10.8 Å². The Morgan fingerprint density at radius 3 is 2.89 bits per heavy atom. The maximum atomic E-state index is 5.47. The number of anilines is 1. The zero-order valence-electron chi connectivity index (χ0n) is 9.87. The lowest BCUT2D eigenvalue weighted by Crippen LogP contribution is -2.10. The highest BCUT2D eigenvalue weighted by molar-refractivity contribution is 5.38. The molecule has 0 saturated heterocycles. The molecule has 0 radical (unpaired) electrons. The van der Waals surface area contributed by atoms with Crippen LogP contribution < -0.4 is 16.0 Å². The summed E-state index contributed by atoms with van der Waals surface area (Å²) in [5.74, 6) is 7.46. The molecule has 94 valence electrons. The summed E-state index contributed by atoms with van der Waals surface area (Å²) in [6.07, 6.45) is 3.77. The minimum atomic E-state index is 0.251. The summed E-state index contributed by atoms with van der Waals surface area (Å²) in [4.78, 5) is 12.6. The molecular formula is C10H13N7O. The fourth-order valence-electron chi connectivity index (χ4n) is 1.55. The molecule has 2 heterocycles. The average molecular weight is 247 g/mol. The van der Waals surface area contributed by atoms with Crippen LogP contribution in [0, 0.1) is 0 Å². The molecule has 18 heavy (non-hydrogen) atoms. The van der Waals surface area contributed by atoms with Crippen LogP contribution in [0.1, 0.15) is 24.6 Å². The summed E-state index contributed by atoms with van der Waals surface area (Å²) in [7, 11) is 1.77. The third kappa shape index (κ3) is 2.23. The van der Waals surface area contributed by atoms with E-state index in [1.807, 2.05) is 0 Å². The largest absolute Gasteiger partial charge is 0.404 e. The van der Waals surface area contributed by atoms with Gasteiger partial charge in [0.1, 0.15) is 18.0 Å². The Morgan fingerprint density at radius 2 is 2.28 bits per heavy atom. The Hall–Kier alpha value is -2.22. The van der Waals surface area contributed by atoms with E-state index in [0.29, 0.717) is 17.6 Å². The van der Waals surface area contributed by atoms with Crippen molar-refractivity contribution in [1.82, 2.24) is 24.7 Å². The van der Waals surface area contributed by atoms with Crippen molar-refractivity contribution in [3.8, 4) is 11.9 Å². The number of aryl methyl sites for hydroxylation is 1. The molecule has 8 heteroatoms. The number of ether oxygens (including phenoxy) is 1. The van der Waals surface area contributed by atoms with E-state index in [9.17, 15) is 0 Å². The first-order chi connectivity index (χ1) is 8.74. The zero-order valence-corrected chi connectivity index (χ0v) is 9.87. The van der Waals surface area contributed by atoms with Gasteiger partial charge in [-0.3, -0.25) is 4.68 Å². The number of nitrogens with one attached hydrogen (secondary N) is 1. The molecule has 2 aromatic heterocycles. The zero-order chi connectivity index (χ0) is 12.5. The molecule has 1 saturated carbocycles. The van der Waals surface area contributed by atoms with Crippen LogP contribution in [0.2, 0.25) is 0 Å². The highest BCUT2D eigenvalue weighted by Gasteiger charge is 2.27. The first kappa shape index (κ1) is 10.9. The van der Waals surface area contributed by atoms with Gasteiger partial charge in [-0.15, -0.1) is 5.10 Å². The molecule has 3 rings (SSSR count). The van der Waals surface area contributed by atoms with Gasteiger partial charge in [0.05, 0.1) is 0 Å². The van der Waals surface area contributed by atoms with Crippen molar-refractivity contribution in [1.29, 1.82) is 0 Å². The van der Waals surface area contributed by atoms with Crippen LogP contribution in [0.3, 0.4) is 0 Å². The molecule has 0 unspecified atom stereocenters. The van der Waals surface area contributed by atoms with E-state index in [1.54, 1.807) is 24.1 Å². The first-order valence-electron chi connectivity index (χ1n) is 5.63. The highest BCUT2D eigenvalue weighted by atomic mass is 16.5. The monoisotopic (exact) mass is 247 g/mol. The van der Waals surface area contributed by atoms with Crippen LogP contribution in [0.25, 0.3) is 0 Å². The van der Waals surface area contributed by atoms with Crippen LogP contribution in [-0.4, -0.2) is 24.7 Å². The summed E-state index contributed by atoms with van der Waals surface area (Å²) < 4.78 is 7.03. The number of hydrazine groups is 1. The van der Waals surface area contributed by atoms with Crippen LogP contribution in [-0.2, 0) is 7.05 Å². The van der Waals surface area contributed by atoms with Gasteiger partial charge in [0.25, 0.3) is 0 Å². The SMILES string of the molecule is Cn1cnc(Oc2cc(NN)nc(C3CC3)n2)n1. The van der Waals surface area contributed by atoms with E-state index < -0.39 is 0 Å². The lowest BCUT2D eigenvalue weighted by molar-refractivity contribution is 0.419. The molecule has 0 spiro atoms. The summed E-state index contributed by atoms with van der Waals surface area (Å²) >= 11 is 0. The van der Waals surface area contributed by atoms with E-state index in [2.05, 4.69) is 25.5 Å². The van der Waals surface area contributed by atoms with Crippen molar-refractivity contribution in [2.24, 2.45) is 12.9 Å². The molecule has 0 amide bonds. The van der Waals surface area contributed by atoms with Gasteiger partial charge < -0.3 is 10.2 Å². The second-order valence-corrected chi connectivity index (χ2v) is 4.17. The summed E-state index contributed by atoms with van der Waals surface area (Å²) in [5.41, 5.74) is 2.50. The number of nitrogens with two attached hydrogens (primary N) is 1. The van der Waals surface area contributed by atoms with Gasteiger partial charge in [-0.2, -0.15) is 9.97 Å². The van der Waals surface area contributed by atoms with E-state index >= 15 is 0 Å². The third-order valence-electron chi connectivity index (χ3n) is 2.58. The van der Waals surface area contributed by atoms with Crippen LogP contribution in [0.15, 0.2) is 12.4 Å². The molecule has 1 fully saturated rings. The van der Waals surface area contributed by atoms with Gasteiger partial charge in [0, 0.05) is 19.0 Å². The Morgan fingerprint density at radius 1 is 1.44 bits per heavy atom. The van der Waals surface area contributed by atoms with Crippen LogP contribution >= 0.6 is 0 Å². The molecule has 2 aromatic rings. The van der Waals surface area contributed by atoms with E-state index in [1.165, 1.54) is 0 Å². The quantitative estimate of drug-likeness (QED) is 0.600. The molecule has 1 aliphatic rings. The first-order valence-corrected chi connectivity index (χ1v) is 5.63. The van der Waals surface area contributed by atoms with Crippen molar-refractivity contribution < 1.29 is 4.74 Å². The third-order valence-corrected chi connectivity index (χ3v) is 2.58. The van der Waals surface area contributed by atoms with Crippen LogP contribution in [0.4, 0.5) is 5.82 Å². The predicted octanol–water partition coefficient (Wildman–Crippen LogP) is 0.560. The van der Waals surface area contributed by atoms with Crippen molar-refractivity contribution in [3.05, 3.63) is 18.2 Å². The molecular weight excluding hydrogens is 234 g/mol. The van der Waals surface area contributed by atoms with Gasteiger partial charge in [0.2, 0.25) is 5.88 Å². The lowest BCUT2D eigenvalue weighted by atomic mass is 10.4. The fourth-order valence-corrected chi connectivity index (χ4v) is 1.55. The van der Waals surface area contributed by atoms with Crippen LogP contribution in [0.5, 0.6) is 11.9 Å². The smallest absolute Gasteiger partial charge is 0.342 e. The number of nitrogens with zero attached hydrogens (tertiary/aromatic N) is 5. The number of hydrogen-bond acceptors (Lipinski definition) is 7. The minimum absolute atomic E-state index is 0.251. The van der Waals surface area contributed by atoms with E-state index in [-0.39, 0.29) is 6.01 Å². The number of nitrogen functional groups attached to an aromatic ring is 1.